The van der Waals surface area contributed by atoms with Crippen LogP contribution in [0.5, 0.6) is 5.75 Å². The van der Waals surface area contributed by atoms with E-state index in [0.717, 1.165) is 6.42 Å². The first-order chi connectivity index (χ1) is 8.08. The molecule has 0 bridgehead atoms. The van der Waals surface area contributed by atoms with E-state index < -0.39 is 5.97 Å². The van der Waals surface area contributed by atoms with Crippen LogP contribution in [0.25, 0.3) is 0 Å². The fraction of sp³-hybridized carbons (Fsp3) is 0.364. The molecule has 0 radical (unpaired) electrons. The van der Waals surface area contributed by atoms with Gasteiger partial charge in [-0.15, -0.1) is 0 Å². The zero-order chi connectivity index (χ0) is 12.4. The van der Waals surface area contributed by atoms with E-state index >= 15 is 0 Å². The van der Waals surface area contributed by atoms with E-state index in [-0.39, 0.29) is 17.4 Å². The smallest absolute Gasteiger partial charge is 0.337 e. The minimum Gasteiger partial charge on any atom is -0.487 e. The second-order valence-corrected chi connectivity index (χ2v) is 4.63. The molecule has 1 aromatic carbocycles. The number of carboxylic acids is 1. The van der Waals surface area contributed by atoms with Gasteiger partial charge in [-0.3, -0.25) is 0 Å². The number of benzene rings is 1. The Morgan fingerprint density at radius 1 is 1.59 bits per heavy atom. The van der Waals surface area contributed by atoms with Crippen LogP contribution in [0, 0.1) is 0 Å². The molecule has 0 saturated carbocycles. The van der Waals surface area contributed by atoms with Gasteiger partial charge in [0.2, 0.25) is 0 Å². The van der Waals surface area contributed by atoms with Gasteiger partial charge >= 0.3 is 5.97 Å². The minimum atomic E-state index is -1.07. The summed E-state index contributed by atoms with van der Waals surface area (Å²) in [6.07, 6.45) is 0.774. The van der Waals surface area contributed by atoms with E-state index in [2.05, 4.69) is 15.9 Å². The van der Waals surface area contributed by atoms with Crippen molar-refractivity contribution in [2.24, 2.45) is 0 Å². The lowest BCUT2D eigenvalue weighted by molar-refractivity contribution is 0.0697. The van der Waals surface area contributed by atoms with Gasteiger partial charge in [-0.05, 0) is 28.1 Å². The summed E-state index contributed by atoms with van der Waals surface area (Å²) < 4.78 is 11.5. The lowest BCUT2D eigenvalue weighted by Crippen LogP contribution is -2.16. The van der Waals surface area contributed by atoms with Crippen molar-refractivity contribution in [3.05, 3.63) is 22.2 Å². The first-order valence-corrected chi connectivity index (χ1v) is 5.94. The van der Waals surface area contributed by atoms with Crippen LogP contribution >= 0.6 is 15.9 Å². The van der Waals surface area contributed by atoms with E-state index in [0.29, 0.717) is 23.4 Å². The summed E-state index contributed by atoms with van der Waals surface area (Å²) in [4.78, 5) is 10.9. The molecule has 17 heavy (non-hydrogen) atoms. The van der Waals surface area contributed by atoms with Gasteiger partial charge in [0.15, 0.2) is 0 Å². The lowest BCUT2D eigenvalue weighted by Gasteiger charge is -2.14. The molecular formula is C11H12BrNO4. The summed E-state index contributed by atoms with van der Waals surface area (Å²) in [6.45, 7) is 1.20. The van der Waals surface area contributed by atoms with Crippen LogP contribution in [0.4, 0.5) is 5.69 Å². The molecule has 1 fully saturated rings. The SMILES string of the molecule is Nc1cc(Br)c(O[C@H]2CCOC2)cc1C(=O)O. The molecule has 0 unspecified atom stereocenters. The highest BCUT2D eigenvalue weighted by Crippen LogP contribution is 2.31. The monoisotopic (exact) mass is 301 g/mol. The summed E-state index contributed by atoms with van der Waals surface area (Å²) in [7, 11) is 0. The molecule has 5 nitrogen and oxygen atoms in total. The minimum absolute atomic E-state index is 0.0310. The molecule has 1 atom stereocenters. The predicted molar refractivity (Wildman–Crippen MR) is 65.4 cm³/mol. The molecule has 1 aliphatic rings. The number of halogens is 1. The highest BCUT2D eigenvalue weighted by Gasteiger charge is 2.20. The van der Waals surface area contributed by atoms with E-state index in [1.54, 1.807) is 0 Å². The van der Waals surface area contributed by atoms with Crippen LogP contribution in [0.1, 0.15) is 16.8 Å². The Labute approximate surface area is 107 Å². The van der Waals surface area contributed by atoms with E-state index in [1.165, 1.54) is 12.1 Å². The Morgan fingerprint density at radius 2 is 2.35 bits per heavy atom. The predicted octanol–water partition coefficient (Wildman–Crippen LogP) is 1.90. The van der Waals surface area contributed by atoms with Crippen LogP contribution in [0.3, 0.4) is 0 Å². The van der Waals surface area contributed by atoms with Gasteiger partial charge in [0.05, 0.1) is 23.2 Å². The fourth-order valence-corrected chi connectivity index (χ4v) is 2.08. The number of rotatable bonds is 3. The van der Waals surface area contributed by atoms with Crippen molar-refractivity contribution in [1.29, 1.82) is 0 Å². The van der Waals surface area contributed by atoms with Crippen molar-refractivity contribution in [2.75, 3.05) is 18.9 Å². The van der Waals surface area contributed by atoms with E-state index in [9.17, 15) is 4.79 Å². The number of carboxylic acid groups (broad SMARTS) is 1. The maximum atomic E-state index is 10.9. The van der Waals surface area contributed by atoms with Gasteiger partial charge < -0.3 is 20.3 Å². The third-order valence-corrected chi connectivity index (χ3v) is 3.14. The summed E-state index contributed by atoms with van der Waals surface area (Å²) in [6, 6.07) is 2.97. The van der Waals surface area contributed by atoms with Crippen molar-refractivity contribution in [3.8, 4) is 5.75 Å². The second kappa shape index (κ2) is 4.93. The molecule has 1 aromatic rings. The van der Waals surface area contributed by atoms with Crippen LogP contribution in [0.15, 0.2) is 16.6 Å². The number of hydrogen-bond acceptors (Lipinski definition) is 4. The summed E-state index contributed by atoms with van der Waals surface area (Å²) in [5, 5.41) is 8.97. The molecule has 0 amide bonds. The maximum Gasteiger partial charge on any atom is 0.337 e. The Morgan fingerprint density at radius 3 is 2.94 bits per heavy atom. The average Bonchev–Trinajstić information content (AvgIpc) is 2.74. The molecule has 1 heterocycles. The lowest BCUT2D eigenvalue weighted by atomic mass is 10.1. The highest BCUT2D eigenvalue weighted by molar-refractivity contribution is 9.10. The number of aromatic carboxylic acids is 1. The molecule has 6 heteroatoms. The Hall–Kier alpha value is -1.27. The molecule has 0 aliphatic carbocycles. The van der Waals surface area contributed by atoms with Gasteiger partial charge in [-0.2, -0.15) is 0 Å². The van der Waals surface area contributed by atoms with Gasteiger partial charge in [0.1, 0.15) is 11.9 Å². The topological polar surface area (TPSA) is 81.8 Å². The Kier molecular flexibility index (Phi) is 3.54. The van der Waals surface area contributed by atoms with E-state index in [1.807, 2.05) is 0 Å². The number of nitrogens with two attached hydrogens (primary N) is 1. The van der Waals surface area contributed by atoms with Crippen LogP contribution < -0.4 is 10.5 Å². The first-order valence-electron chi connectivity index (χ1n) is 5.14. The number of anilines is 1. The molecule has 2 rings (SSSR count). The van der Waals surface area contributed by atoms with Crippen molar-refractivity contribution < 1.29 is 19.4 Å². The van der Waals surface area contributed by atoms with Crippen molar-refractivity contribution in [1.82, 2.24) is 0 Å². The summed E-state index contributed by atoms with van der Waals surface area (Å²) in [5.41, 5.74) is 5.86. The van der Waals surface area contributed by atoms with Gasteiger partial charge in [0.25, 0.3) is 0 Å². The molecule has 1 aliphatic heterocycles. The number of ether oxygens (including phenoxy) is 2. The zero-order valence-corrected chi connectivity index (χ0v) is 10.6. The maximum absolute atomic E-state index is 10.9. The third-order valence-electron chi connectivity index (χ3n) is 2.52. The fourth-order valence-electron chi connectivity index (χ4n) is 1.63. The molecule has 1 saturated heterocycles. The largest absolute Gasteiger partial charge is 0.487 e. The molecule has 3 N–H and O–H groups in total. The molecular weight excluding hydrogens is 290 g/mol. The van der Waals surface area contributed by atoms with Crippen LogP contribution in [0.2, 0.25) is 0 Å². The van der Waals surface area contributed by atoms with Gasteiger partial charge in [-0.1, -0.05) is 0 Å². The summed E-state index contributed by atoms with van der Waals surface area (Å²) in [5.74, 6) is -0.588. The van der Waals surface area contributed by atoms with Crippen LogP contribution in [-0.4, -0.2) is 30.4 Å². The van der Waals surface area contributed by atoms with Crippen molar-refractivity contribution in [2.45, 2.75) is 12.5 Å². The average molecular weight is 302 g/mol. The number of hydrogen-bond donors (Lipinski definition) is 2. The number of nitrogen functional groups attached to an aromatic ring is 1. The van der Waals surface area contributed by atoms with Crippen LogP contribution in [-0.2, 0) is 4.74 Å². The Bertz CT molecular complexity index is 443. The quantitative estimate of drug-likeness (QED) is 0.833. The highest BCUT2D eigenvalue weighted by atomic mass is 79.9. The molecule has 0 aromatic heterocycles. The third kappa shape index (κ3) is 2.70. The van der Waals surface area contributed by atoms with Gasteiger partial charge in [0, 0.05) is 12.1 Å². The summed E-state index contributed by atoms with van der Waals surface area (Å²) >= 11 is 3.30. The second-order valence-electron chi connectivity index (χ2n) is 3.78. The van der Waals surface area contributed by atoms with Gasteiger partial charge in [-0.25, -0.2) is 4.79 Å². The standard InChI is InChI=1S/C11H12BrNO4/c12-8-4-9(13)7(11(14)15)3-10(8)17-6-1-2-16-5-6/h3-4,6H,1-2,5,13H2,(H,14,15)/t6-/m0/s1. The van der Waals surface area contributed by atoms with E-state index in [4.69, 9.17) is 20.3 Å². The Balaban J connectivity index is 2.26. The number of carbonyl (C=O) groups is 1. The normalized spacial score (nSPS) is 19.2. The first kappa shape index (κ1) is 12.2. The molecule has 0 spiro atoms. The zero-order valence-electron chi connectivity index (χ0n) is 8.98. The molecule has 92 valence electrons. The van der Waals surface area contributed by atoms with Crippen molar-refractivity contribution in [3.63, 3.8) is 0 Å². The van der Waals surface area contributed by atoms with Crippen molar-refractivity contribution >= 4 is 27.6 Å².